The lowest BCUT2D eigenvalue weighted by atomic mass is 14.5. The van der Waals surface area contributed by atoms with Crippen molar-refractivity contribution in [2.75, 3.05) is 0 Å². The topological polar surface area (TPSA) is 204 Å². The summed E-state index contributed by atoms with van der Waals surface area (Å²) >= 11 is 0. The second-order valence-corrected chi connectivity index (χ2v) is 6.64. The average Bonchev–Trinajstić information content (AvgIpc) is 2.13. The normalized spacial score (nSPS) is 26.1. The fraction of sp³-hybridized carbons (Fsp3) is 0. The minimum atomic E-state index is -3.67. The first-order valence-corrected chi connectivity index (χ1v) is 8.70. The fourth-order valence-corrected chi connectivity index (χ4v) is 0.854. The van der Waals surface area contributed by atoms with Crippen LogP contribution in [0, 0.1) is 0 Å². The van der Waals surface area contributed by atoms with Gasteiger partial charge in [0.25, 0.3) is 0 Å². The van der Waals surface area contributed by atoms with Gasteiger partial charge in [-0.3, -0.25) is 0 Å². The molecule has 0 bridgehead atoms. The molecule has 3 fully saturated rings. The zero-order chi connectivity index (χ0) is 13.9. The van der Waals surface area contributed by atoms with Crippen LogP contribution < -0.4 is 0 Å². The second-order valence-electron chi connectivity index (χ2n) is 2.35. The van der Waals surface area contributed by atoms with Gasteiger partial charge in [0.1, 0.15) is 0 Å². The highest BCUT2D eigenvalue weighted by Crippen LogP contribution is 2.10. The highest BCUT2D eigenvalue weighted by atomic mass is 31.0. The van der Waals surface area contributed by atoms with E-state index in [9.17, 15) is 0 Å². The standard InChI is InChI=1S/3H2O5Si.2H3P/c3*1-6(2)4-3-5-6;;/h3*1-2H;2*1H3. The molecule has 6 N–H and O–H groups in total. The van der Waals surface area contributed by atoms with Gasteiger partial charge in [0.15, 0.2) is 0 Å². The van der Waals surface area contributed by atoms with E-state index in [1.807, 2.05) is 0 Å². The maximum Gasteiger partial charge on any atom is 0.735 e. The van der Waals surface area contributed by atoms with Crippen LogP contribution in [0.5, 0.6) is 0 Å². The van der Waals surface area contributed by atoms with Crippen molar-refractivity contribution < 1.29 is 71.3 Å². The van der Waals surface area contributed by atoms with Crippen molar-refractivity contribution in [1.29, 1.82) is 0 Å². The van der Waals surface area contributed by atoms with Crippen LogP contribution >= 0.6 is 19.8 Å². The Morgan fingerprint density at radius 2 is 0.500 bits per heavy atom. The van der Waals surface area contributed by atoms with Crippen LogP contribution in [0.25, 0.3) is 0 Å². The van der Waals surface area contributed by atoms with Gasteiger partial charge in [-0.05, 0) is 0 Å². The van der Waals surface area contributed by atoms with Gasteiger partial charge in [-0.2, -0.15) is 47.3 Å². The third kappa shape index (κ3) is 9.78. The molecule has 15 nitrogen and oxygen atoms in total. The molecule has 20 heteroatoms. The molecule has 2 unspecified atom stereocenters. The van der Waals surface area contributed by atoms with Crippen molar-refractivity contribution in [2.24, 2.45) is 0 Å². The zero-order valence-corrected chi connectivity index (χ0v) is 15.1. The Balaban J connectivity index is 0. The average molecular weight is 398 g/mol. The summed E-state index contributed by atoms with van der Waals surface area (Å²) in [6.07, 6.45) is 0. The van der Waals surface area contributed by atoms with E-state index in [1.165, 1.54) is 0 Å². The monoisotopic (exact) mass is 398 g/mol. The van der Waals surface area contributed by atoms with Gasteiger partial charge in [-0.1, -0.05) is 15.1 Å². The first-order chi connectivity index (χ1) is 8.12. The molecule has 3 aliphatic heterocycles. The van der Waals surface area contributed by atoms with E-state index in [0.29, 0.717) is 0 Å². The molecule has 124 valence electrons. The fourth-order valence-electron chi connectivity index (χ4n) is 0.285. The Morgan fingerprint density at radius 1 is 0.400 bits per heavy atom. The molecule has 3 rings (SSSR count). The Morgan fingerprint density at radius 3 is 0.500 bits per heavy atom. The van der Waals surface area contributed by atoms with E-state index in [0.717, 1.165) is 0 Å². The van der Waals surface area contributed by atoms with Gasteiger partial charge < -0.3 is 28.8 Å². The highest BCUT2D eigenvalue weighted by molar-refractivity contribution is 6.92. The van der Waals surface area contributed by atoms with Gasteiger partial charge in [0.05, 0.1) is 0 Å². The maximum atomic E-state index is 8.04. The maximum absolute atomic E-state index is 8.04. The molecular weight excluding hydrogens is 386 g/mol. The van der Waals surface area contributed by atoms with Gasteiger partial charge in [0, 0.05) is 0 Å². The van der Waals surface area contributed by atoms with E-state index >= 15 is 0 Å². The van der Waals surface area contributed by atoms with Crippen LogP contribution in [0.3, 0.4) is 0 Å². The summed E-state index contributed by atoms with van der Waals surface area (Å²) < 4.78 is 21.9. The summed E-state index contributed by atoms with van der Waals surface area (Å²) in [5.74, 6) is 0. The van der Waals surface area contributed by atoms with Crippen molar-refractivity contribution in [3.63, 3.8) is 0 Å². The van der Waals surface area contributed by atoms with Gasteiger partial charge in [0.2, 0.25) is 0 Å². The summed E-state index contributed by atoms with van der Waals surface area (Å²) in [5, 5.41) is 10.5. The summed E-state index contributed by atoms with van der Waals surface area (Å²) in [6, 6.07) is 0. The predicted molar refractivity (Wildman–Crippen MR) is 62.5 cm³/mol. The Kier molecular flexibility index (Phi) is 10.6. The van der Waals surface area contributed by atoms with Crippen molar-refractivity contribution in [3.8, 4) is 0 Å². The Hall–Kier alpha value is 0.911. The molecule has 3 heterocycles. The van der Waals surface area contributed by atoms with Crippen LogP contribution in [0.1, 0.15) is 0 Å². The molecule has 0 spiro atoms. The van der Waals surface area contributed by atoms with E-state index in [2.05, 4.69) is 42.6 Å². The molecule has 3 aliphatic rings. The lowest BCUT2D eigenvalue weighted by molar-refractivity contribution is -0.550. The first-order valence-electron chi connectivity index (χ1n) is 3.57. The molecule has 20 heavy (non-hydrogen) atoms. The van der Waals surface area contributed by atoms with Crippen molar-refractivity contribution in [1.82, 2.24) is 0 Å². The second kappa shape index (κ2) is 9.14. The van der Waals surface area contributed by atoms with E-state index in [1.54, 1.807) is 0 Å². The first kappa shape index (κ1) is 23.2. The molecule has 0 radical (unpaired) electrons. The van der Waals surface area contributed by atoms with E-state index in [-0.39, 0.29) is 19.8 Å². The van der Waals surface area contributed by atoms with Crippen molar-refractivity contribution >= 4 is 46.9 Å². The van der Waals surface area contributed by atoms with Gasteiger partial charge >= 0.3 is 27.1 Å². The minimum Gasteiger partial charge on any atom is -0.365 e. The van der Waals surface area contributed by atoms with Crippen molar-refractivity contribution in [3.05, 3.63) is 0 Å². The smallest absolute Gasteiger partial charge is 0.365 e. The molecule has 0 saturated carbocycles. The Bertz CT molecular complexity index is 205. The van der Waals surface area contributed by atoms with Crippen LogP contribution in [-0.4, -0.2) is 55.9 Å². The van der Waals surface area contributed by atoms with Crippen LogP contribution in [-0.2, 0) is 42.6 Å². The molecule has 3 saturated heterocycles. The summed E-state index contributed by atoms with van der Waals surface area (Å²) in [4.78, 5) is 48.2. The lowest BCUT2D eigenvalue weighted by Crippen LogP contribution is -2.51. The molecule has 0 aromatic heterocycles. The minimum absolute atomic E-state index is 0. The van der Waals surface area contributed by atoms with Crippen LogP contribution in [0.4, 0.5) is 0 Å². The molecule has 0 aromatic carbocycles. The molecular formula is H12O15P2Si3. The quantitative estimate of drug-likeness (QED) is 0.128. The summed E-state index contributed by atoms with van der Waals surface area (Å²) in [6.45, 7) is 0. The van der Waals surface area contributed by atoms with Crippen molar-refractivity contribution in [2.45, 2.75) is 0 Å². The summed E-state index contributed by atoms with van der Waals surface area (Å²) in [5.41, 5.74) is 0. The molecule has 0 aromatic rings. The SMILES string of the molecule is O[Si]1(O)OOO1.O[Si]1(O)OOO1.O[Si]1(O)OOO1.P.P. The van der Waals surface area contributed by atoms with E-state index < -0.39 is 27.1 Å². The highest BCUT2D eigenvalue weighted by Gasteiger charge is 2.51. The zero-order valence-electron chi connectivity index (χ0n) is 9.27. The number of rotatable bonds is 0. The summed E-state index contributed by atoms with van der Waals surface area (Å²) in [7, 11) is -11.0. The third-order valence-corrected chi connectivity index (χ3v) is 2.57. The van der Waals surface area contributed by atoms with Crippen LogP contribution in [0.2, 0.25) is 0 Å². The van der Waals surface area contributed by atoms with Gasteiger partial charge in [-0.15, -0.1) is 0 Å². The molecule has 0 aliphatic carbocycles. The van der Waals surface area contributed by atoms with Crippen LogP contribution in [0.15, 0.2) is 0 Å². The molecule has 2 atom stereocenters. The Labute approximate surface area is 119 Å². The largest absolute Gasteiger partial charge is 0.735 e. The lowest BCUT2D eigenvalue weighted by Gasteiger charge is -2.19. The van der Waals surface area contributed by atoms with E-state index in [4.69, 9.17) is 28.8 Å². The van der Waals surface area contributed by atoms with Gasteiger partial charge in [-0.25, -0.2) is 0 Å². The number of hydrogen-bond donors (Lipinski definition) is 6. The predicted octanol–water partition coefficient (Wildman–Crippen LogP) is -4.98. The molecule has 0 amide bonds. The third-order valence-electron chi connectivity index (χ3n) is 0.855. The number of hydrogen-bond acceptors (Lipinski definition) is 15.